The highest BCUT2D eigenvalue weighted by molar-refractivity contribution is 5.04. The van der Waals surface area contributed by atoms with Crippen LogP contribution < -0.4 is 5.32 Å². The molecule has 1 fully saturated rings. The van der Waals surface area contributed by atoms with Crippen molar-refractivity contribution in [2.45, 2.75) is 19.3 Å². The lowest BCUT2D eigenvalue weighted by molar-refractivity contribution is 0.304. The molecule has 0 aromatic heterocycles. The zero-order chi connectivity index (χ0) is 7.52. The van der Waals surface area contributed by atoms with Crippen LogP contribution in [0.5, 0.6) is 0 Å². The van der Waals surface area contributed by atoms with Crippen LogP contribution in [0.3, 0.4) is 0 Å². The highest BCUT2D eigenvalue weighted by Crippen LogP contribution is 2.26. The predicted octanol–water partition coefficient (Wildman–Crippen LogP) is 1.34. The molecule has 2 heterocycles. The SMILES string of the molecule is C1#[N+]CCC1C1CCNCC1. The number of hydrogen-bond acceptors (Lipinski definition) is 1. The molecule has 2 nitrogen and oxygen atoms in total. The second-order valence-corrected chi connectivity index (χ2v) is 3.49. The molecule has 1 N–H and O–H groups in total. The summed E-state index contributed by atoms with van der Waals surface area (Å²) in [7, 11) is 0. The van der Waals surface area contributed by atoms with E-state index in [1.807, 2.05) is 0 Å². The Morgan fingerprint density at radius 1 is 1.18 bits per heavy atom. The van der Waals surface area contributed by atoms with Crippen molar-refractivity contribution >= 4 is 0 Å². The van der Waals surface area contributed by atoms with Gasteiger partial charge < -0.3 is 5.32 Å². The van der Waals surface area contributed by atoms with Gasteiger partial charge in [-0.3, -0.25) is 0 Å². The Hall–Kier alpha value is -0.550. The summed E-state index contributed by atoms with van der Waals surface area (Å²) in [6, 6.07) is 3.22. The van der Waals surface area contributed by atoms with Gasteiger partial charge in [0.15, 0.2) is 0 Å². The predicted molar refractivity (Wildman–Crippen MR) is 45.8 cm³/mol. The molecule has 11 heavy (non-hydrogen) atoms. The van der Waals surface area contributed by atoms with E-state index in [4.69, 9.17) is 0 Å². The molecule has 1 atom stereocenters. The van der Waals surface area contributed by atoms with Gasteiger partial charge in [-0.2, -0.15) is 0 Å². The van der Waals surface area contributed by atoms with Crippen molar-refractivity contribution in [3.63, 3.8) is 0 Å². The van der Waals surface area contributed by atoms with Crippen LogP contribution in [0.1, 0.15) is 19.3 Å². The van der Waals surface area contributed by atoms with E-state index in [0.29, 0.717) is 5.92 Å². The van der Waals surface area contributed by atoms with Crippen LogP contribution in [-0.4, -0.2) is 19.6 Å². The lowest BCUT2D eigenvalue weighted by atomic mass is 9.85. The molecule has 0 bridgehead atoms. The fourth-order valence-electron chi connectivity index (χ4n) is 2.04. The average Bonchev–Trinajstić information content (AvgIpc) is 2.58. The lowest BCUT2D eigenvalue weighted by Crippen LogP contribution is -2.30. The molecule has 0 radical (unpaired) electrons. The number of nitrogens with zero attached hydrogens (tertiary/aromatic N) is 1. The Morgan fingerprint density at radius 3 is 2.64 bits per heavy atom. The Balaban J connectivity index is 1.89. The van der Waals surface area contributed by atoms with E-state index >= 15 is 0 Å². The van der Waals surface area contributed by atoms with Crippen molar-refractivity contribution in [2.75, 3.05) is 19.6 Å². The van der Waals surface area contributed by atoms with Crippen LogP contribution >= 0.6 is 0 Å². The molecule has 0 aliphatic carbocycles. The molecule has 0 aromatic rings. The third-order valence-corrected chi connectivity index (χ3v) is 2.76. The molecule has 0 amide bonds. The normalized spacial score (nSPS) is 31.5. The molecule has 0 spiro atoms. The Morgan fingerprint density at radius 2 is 2.00 bits per heavy atom. The van der Waals surface area contributed by atoms with Crippen LogP contribution in [0.4, 0.5) is 0 Å². The Kier molecular flexibility index (Phi) is 2.09. The van der Waals surface area contributed by atoms with E-state index in [0.717, 1.165) is 12.5 Å². The zero-order valence-corrected chi connectivity index (χ0v) is 6.84. The molecule has 60 valence electrons. The quantitative estimate of drug-likeness (QED) is 0.598. The largest absolute Gasteiger partial charge is 0.317 e. The molecule has 1 saturated heterocycles. The number of hydrogen-bond donors (Lipinski definition) is 1. The topological polar surface area (TPSA) is 16.4 Å². The number of piperidine rings is 1. The molecule has 2 heteroatoms. The summed E-state index contributed by atoms with van der Waals surface area (Å²) in [5.41, 5.74) is 0. The van der Waals surface area contributed by atoms with E-state index in [-0.39, 0.29) is 0 Å². The fraction of sp³-hybridized carbons (Fsp3) is 0.889. The minimum atomic E-state index is 0.692. The molecule has 2 aliphatic rings. The summed E-state index contributed by atoms with van der Waals surface area (Å²) in [4.78, 5) is 4.17. The highest BCUT2D eigenvalue weighted by Gasteiger charge is 2.29. The molecule has 0 saturated carbocycles. The summed E-state index contributed by atoms with van der Waals surface area (Å²) < 4.78 is 0. The molecular weight excluding hydrogens is 136 g/mol. The van der Waals surface area contributed by atoms with E-state index in [2.05, 4.69) is 16.2 Å². The van der Waals surface area contributed by atoms with Gasteiger partial charge in [-0.1, -0.05) is 4.85 Å². The van der Waals surface area contributed by atoms with Crippen molar-refractivity contribution in [2.24, 2.45) is 11.8 Å². The third kappa shape index (κ3) is 1.54. The average molecular weight is 151 g/mol. The van der Waals surface area contributed by atoms with Crippen LogP contribution in [0.2, 0.25) is 0 Å². The van der Waals surface area contributed by atoms with Gasteiger partial charge in [0.25, 0.3) is 12.6 Å². The molecule has 1 unspecified atom stereocenters. The maximum Gasteiger partial charge on any atom is 0.276 e. The third-order valence-electron chi connectivity index (χ3n) is 2.76. The van der Waals surface area contributed by atoms with Crippen LogP contribution in [-0.2, 0) is 0 Å². The van der Waals surface area contributed by atoms with Crippen molar-refractivity contribution in [3.8, 4) is 6.07 Å². The van der Waals surface area contributed by atoms with E-state index in [1.165, 1.54) is 32.4 Å². The highest BCUT2D eigenvalue weighted by atomic mass is 14.9. The number of rotatable bonds is 1. The van der Waals surface area contributed by atoms with Gasteiger partial charge in [0.05, 0.1) is 0 Å². The van der Waals surface area contributed by atoms with Gasteiger partial charge in [-0.25, -0.2) is 0 Å². The summed E-state index contributed by atoms with van der Waals surface area (Å²) in [6.07, 6.45) is 3.91. The van der Waals surface area contributed by atoms with Gasteiger partial charge in [-0.15, -0.1) is 0 Å². The first-order valence-electron chi connectivity index (χ1n) is 4.59. The molecule has 2 rings (SSSR count). The van der Waals surface area contributed by atoms with Crippen molar-refractivity contribution in [3.05, 3.63) is 4.85 Å². The zero-order valence-electron chi connectivity index (χ0n) is 6.84. The summed E-state index contributed by atoms with van der Waals surface area (Å²) in [5, 5.41) is 3.38. The van der Waals surface area contributed by atoms with E-state index < -0.39 is 0 Å². The Labute approximate surface area is 67.8 Å². The first kappa shape index (κ1) is 7.12. The van der Waals surface area contributed by atoms with Gasteiger partial charge in [0.2, 0.25) is 0 Å². The Bertz CT molecular complexity index is 183. The second-order valence-electron chi connectivity index (χ2n) is 3.49. The van der Waals surface area contributed by atoms with Crippen LogP contribution in [0.25, 0.3) is 4.85 Å². The van der Waals surface area contributed by atoms with Crippen molar-refractivity contribution < 1.29 is 0 Å². The molecule has 2 aliphatic heterocycles. The number of nitrogens with one attached hydrogen (secondary N) is 1. The van der Waals surface area contributed by atoms with Crippen molar-refractivity contribution in [1.82, 2.24) is 5.32 Å². The van der Waals surface area contributed by atoms with E-state index in [9.17, 15) is 0 Å². The second kappa shape index (κ2) is 3.23. The van der Waals surface area contributed by atoms with Crippen molar-refractivity contribution in [1.29, 1.82) is 0 Å². The minimum absolute atomic E-state index is 0.692. The maximum absolute atomic E-state index is 4.17. The van der Waals surface area contributed by atoms with Crippen LogP contribution in [0.15, 0.2) is 0 Å². The summed E-state index contributed by atoms with van der Waals surface area (Å²) >= 11 is 0. The molecular formula is C9H15N2+. The summed E-state index contributed by atoms with van der Waals surface area (Å²) in [5.74, 6) is 1.57. The molecule has 0 aromatic carbocycles. The fourth-order valence-corrected chi connectivity index (χ4v) is 2.04. The van der Waals surface area contributed by atoms with E-state index in [1.54, 1.807) is 0 Å². The monoisotopic (exact) mass is 151 g/mol. The summed E-state index contributed by atoms with van der Waals surface area (Å²) in [6.45, 7) is 3.42. The lowest BCUT2D eigenvalue weighted by Gasteiger charge is -2.23. The smallest absolute Gasteiger partial charge is 0.276 e. The van der Waals surface area contributed by atoms with Crippen LogP contribution in [0, 0.1) is 17.9 Å². The minimum Gasteiger partial charge on any atom is -0.317 e. The first-order valence-corrected chi connectivity index (χ1v) is 4.59. The van der Waals surface area contributed by atoms with Gasteiger partial charge >= 0.3 is 0 Å². The van der Waals surface area contributed by atoms with Gasteiger partial charge in [-0.05, 0) is 31.8 Å². The maximum atomic E-state index is 4.17. The first-order chi connectivity index (χ1) is 5.47. The van der Waals surface area contributed by atoms with Gasteiger partial charge in [0, 0.05) is 6.42 Å². The standard InChI is InChI=1S/C9H15N2/c1-4-10-5-2-8(1)9-3-6-11-7-9/h8-10H,1-6H2/q+1. The van der Waals surface area contributed by atoms with Gasteiger partial charge in [0.1, 0.15) is 5.92 Å².